The summed E-state index contributed by atoms with van der Waals surface area (Å²) in [4.78, 5) is 2.22. The lowest BCUT2D eigenvalue weighted by molar-refractivity contribution is 0.121. The van der Waals surface area contributed by atoms with Crippen LogP contribution >= 0.6 is 23.4 Å². The van der Waals surface area contributed by atoms with Crippen molar-refractivity contribution in [3.05, 3.63) is 11.6 Å². The molecule has 0 unspecified atom stereocenters. The number of aromatic nitrogens is 3. The number of ether oxygens (including phenoxy) is 1. The van der Waals surface area contributed by atoms with Gasteiger partial charge in [0.2, 0.25) is 5.95 Å². The Kier molecular flexibility index (Phi) is 5.34. The van der Waals surface area contributed by atoms with E-state index < -0.39 is 0 Å². The Bertz CT molecular complexity index is 404. The second-order valence-corrected chi connectivity index (χ2v) is 5.04. The van der Waals surface area contributed by atoms with E-state index >= 15 is 0 Å². The summed E-state index contributed by atoms with van der Waals surface area (Å²) < 4.78 is 7.49. The van der Waals surface area contributed by atoms with Crippen molar-refractivity contribution in [3.8, 4) is 0 Å². The predicted octanol–water partition coefficient (Wildman–Crippen LogP) is 1.98. The minimum atomic E-state index is 0.758. The topological polar surface area (TPSA) is 43.2 Å². The molecule has 0 aliphatic carbocycles. The number of rotatable bonds is 5. The molecule has 0 bridgehead atoms. The van der Waals surface area contributed by atoms with Gasteiger partial charge in [-0.1, -0.05) is 29.4 Å². The lowest BCUT2D eigenvalue weighted by atomic mass is 10.4. The molecule has 18 heavy (non-hydrogen) atoms. The lowest BCUT2D eigenvalue weighted by Gasteiger charge is -2.27. The second-order valence-electron chi connectivity index (χ2n) is 3.80. The largest absolute Gasteiger partial charge is 0.378 e. The van der Waals surface area contributed by atoms with E-state index in [1.165, 1.54) is 5.54 Å². The van der Waals surface area contributed by atoms with Gasteiger partial charge in [-0.05, 0) is 6.92 Å². The normalized spacial score (nSPS) is 16.7. The van der Waals surface area contributed by atoms with Crippen LogP contribution in [0.5, 0.6) is 0 Å². The summed E-state index contributed by atoms with van der Waals surface area (Å²) in [5.41, 5.74) is 1.53. The van der Waals surface area contributed by atoms with E-state index in [0.29, 0.717) is 0 Å². The van der Waals surface area contributed by atoms with Gasteiger partial charge in [-0.25, -0.2) is 0 Å². The van der Waals surface area contributed by atoms with E-state index in [-0.39, 0.29) is 0 Å². The van der Waals surface area contributed by atoms with E-state index in [0.717, 1.165) is 49.7 Å². The van der Waals surface area contributed by atoms with Crippen molar-refractivity contribution in [2.24, 2.45) is 0 Å². The maximum Gasteiger partial charge on any atom is 0.228 e. The summed E-state index contributed by atoms with van der Waals surface area (Å²) in [6, 6.07) is 0. The molecule has 0 radical (unpaired) electrons. The molecule has 0 atom stereocenters. The Morgan fingerprint density at radius 3 is 2.83 bits per heavy atom. The fourth-order valence-electron chi connectivity index (χ4n) is 1.82. The molecule has 0 spiro atoms. The van der Waals surface area contributed by atoms with Crippen molar-refractivity contribution < 1.29 is 4.74 Å². The molecule has 5 nitrogen and oxygen atoms in total. The number of hydrogen-bond acceptors (Lipinski definition) is 5. The molecule has 1 saturated heterocycles. The lowest BCUT2D eigenvalue weighted by Crippen LogP contribution is -2.38. The summed E-state index contributed by atoms with van der Waals surface area (Å²) in [5.74, 6) is 1.75. The van der Waals surface area contributed by atoms with Crippen molar-refractivity contribution >= 4 is 29.3 Å². The van der Waals surface area contributed by atoms with E-state index in [4.69, 9.17) is 16.3 Å². The molecule has 1 aliphatic rings. The number of halogens is 1. The minimum Gasteiger partial charge on any atom is -0.378 e. The smallest absolute Gasteiger partial charge is 0.228 e. The third kappa shape index (κ3) is 3.18. The van der Waals surface area contributed by atoms with Crippen molar-refractivity contribution in [2.45, 2.75) is 18.6 Å². The number of morpholine rings is 1. The van der Waals surface area contributed by atoms with Gasteiger partial charge < -0.3 is 9.64 Å². The number of hydrogen-bond donors (Lipinski definition) is 0. The van der Waals surface area contributed by atoms with E-state index in [1.54, 1.807) is 11.8 Å². The Morgan fingerprint density at radius 2 is 2.17 bits per heavy atom. The molecule has 1 fully saturated rings. The molecule has 1 aromatic rings. The average molecular weight is 289 g/mol. The molecular formula is C11H17ClN4OS. The number of nitrogens with zero attached hydrogens (tertiary/aromatic N) is 4. The summed E-state index contributed by atoms with van der Waals surface area (Å²) in [5, 5.41) is 9.48. The quantitative estimate of drug-likeness (QED) is 0.775. The van der Waals surface area contributed by atoms with Gasteiger partial charge >= 0.3 is 0 Å². The zero-order valence-corrected chi connectivity index (χ0v) is 12.0. The molecule has 2 rings (SSSR count). The van der Waals surface area contributed by atoms with Gasteiger partial charge in [0, 0.05) is 30.9 Å². The van der Waals surface area contributed by atoms with Crippen LogP contribution in [0.15, 0.2) is 16.8 Å². The number of anilines is 1. The van der Waals surface area contributed by atoms with Gasteiger partial charge in [-0.2, -0.15) is 0 Å². The summed E-state index contributed by atoms with van der Waals surface area (Å²) in [6.07, 6.45) is 1.90. The van der Waals surface area contributed by atoms with Crippen LogP contribution in [0.3, 0.4) is 0 Å². The van der Waals surface area contributed by atoms with E-state index in [2.05, 4.69) is 26.6 Å². The highest BCUT2D eigenvalue weighted by Crippen LogP contribution is 2.22. The third-order valence-corrected chi connectivity index (χ3v) is 3.80. The molecule has 100 valence electrons. The van der Waals surface area contributed by atoms with E-state index in [1.807, 2.05) is 6.08 Å². The van der Waals surface area contributed by atoms with Crippen molar-refractivity contribution in [3.63, 3.8) is 0 Å². The van der Waals surface area contributed by atoms with Crippen LogP contribution in [0.25, 0.3) is 0 Å². The van der Waals surface area contributed by atoms with Gasteiger partial charge in [0.1, 0.15) is 0 Å². The zero-order chi connectivity index (χ0) is 12.8. The minimum absolute atomic E-state index is 0.758. The molecule has 0 amide bonds. The Labute approximate surface area is 116 Å². The molecule has 0 aromatic carbocycles. The predicted molar refractivity (Wildman–Crippen MR) is 74.4 cm³/mol. The van der Waals surface area contributed by atoms with Crippen molar-refractivity contribution in [1.29, 1.82) is 0 Å². The van der Waals surface area contributed by atoms with Gasteiger partial charge in [0.15, 0.2) is 5.16 Å². The first-order chi connectivity index (χ1) is 8.86. The first-order valence-electron chi connectivity index (χ1n) is 6.00. The van der Waals surface area contributed by atoms with Crippen LogP contribution in [0, 0.1) is 0 Å². The fraction of sp³-hybridized carbons (Fsp3) is 0.636. The second kappa shape index (κ2) is 7.01. The van der Waals surface area contributed by atoms with E-state index in [9.17, 15) is 0 Å². The highest BCUT2D eigenvalue weighted by molar-refractivity contribution is 7.99. The standard InChI is InChI=1S/C11H17ClN4OS/c1-2-16-10(15-5-7-17-8-6-15)13-14-11(16)18-9-3-4-12/h3-4H,2,5-9H2,1H3/b4-3+. The average Bonchev–Trinajstić information content (AvgIpc) is 2.83. The molecule has 1 aliphatic heterocycles. The van der Waals surface area contributed by atoms with Crippen LogP contribution in [-0.2, 0) is 11.3 Å². The van der Waals surface area contributed by atoms with Gasteiger partial charge in [-0.3, -0.25) is 4.57 Å². The summed E-state index contributed by atoms with van der Waals surface area (Å²) >= 11 is 7.15. The number of thioether (sulfide) groups is 1. The summed E-state index contributed by atoms with van der Waals surface area (Å²) in [7, 11) is 0. The third-order valence-electron chi connectivity index (χ3n) is 2.71. The van der Waals surface area contributed by atoms with Crippen molar-refractivity contribution in [1.82, 2.24) is 14.8 Å². The summed E-state index contributed by atoms with van der Waals surface area (Å²) in [6.45, 7) is 6.25. The maximum atomic E-state index is 5.51. The van der Waals surface area contributed by atoms with Gasteiger partial charge in [-0.15, -0.1) is 10.2 Å². The molecule has 2 heterocycles. The first-order valence-corrected chi connectivity index (χ1v) is 7.43. The van der Waals surface area contributed by atoms with Gasteiger partial charge in [0.05, 0.1) is 13.2 Å². The molecule has 0 saturated carbocycles. The first kappa shape index (κ1) is 13.7. The van der Waals surface area contributed by atoms with Crippen LogP contribution in [0.4, 0.5) is 5.95 Å². The van der Waals surface area contributed by atoms with Crippen LogP contribution in [0.2, 0.25) is 0 Å². The highest BCUT2D eigenvalue weighted by atomic mass is 35.5. The van der Waals surface area contributed by atoms with Crippen molar-refractivity contribution in [2.75, 3.05) is 37.0 Å². The van der Waals surface area contributed by atoms with Crippen LogP contribution < -0.4 is 4.90 Å². The molecular weight excluding hydrogens is 272 g/mol. The fourth-order valence-corrected chi connectivity index (χ4v) is 2.82. The molecule has 1 aromatic heterocycles. The van der Waals surface area contributed by atoms with Crippen LogP contribution in [0.1, 0.15) is 6.92 Å². The Balaban J connectivity index is 2.10. The maximum absolute atomic E-state index is 5.51. The Hall–Kier alpha value is -0.720. The van der Waals surface area contributed by atoms with Gasteiger partial charge in [0.25, 0.3) is 0 Å². The van der Waals surface area contributed by atoms with Crippen LogP contribution in [-0.4, -0.2) is 46.8 Å². The molecule has 7 heteroatoms. The SMILES string of the molecule is CCn1c(SC/C=C/Cl)nnc1N1CCOCC1. The monoisotopic (exact) mass is 288 g/mol. The zero-order valence-electron chi connectivity index (χ0n) is 10.4. The Morgan fingerprint density at radius 1 is 1.39 bits per heavy atom. The highest BCUT2D eigenvalue weighted by Gasteiger charge is 2.19. The molecule has 0 N–H and O–H groups in total.